The molecule has 0 aliphatic carbocycles. The Bertz CT molecular complexity index is 970. The zero-order valence-corrected chi connectivity index (χ0v) is 17.2. The van der Waals surface area contributed by atoms with Gasteiger partial charge in [-0.1, -0.05) is 47.6 Å². The number of quaternary nitrogens is 2. The molecule has 2 aromatic carbocycles. The molecule has 0 unspecified atom stereocenters. The third-order valence-corrected chi connectivity index (χ3v) is 5.85. The third kappa shape index (κ3) is 4.83. The number of carbonyl (C=O) groups is 1. The zero-order valence-electron chi connectivity index (χ0n) is 17.2. The predicted octanol–water partition coefficient (Wildman–Crippen LogP) is 0.297. The van der Waals surface area contributed by atoms with Crippen LogP contribution in [0.4, 0.5) is 0 Å². The third-order valence-electron chi connectivity index (χ3n) is 5.85. The molecule has 1 aliphatic heterocycles. The molecule has 3 N–H and O–H groups in total. The Morgan fingerprint density at radius 3 is 2.59 bits per heavy atom. The highest BCUT2D eigenvalue weighted by atomic mass is 16.5. The van der Waals surface area contributed by atoms with E-state index in [1.54, 1.807) is 0 Å². The highest BCUT2D eigenvalue weighted by Crippen LogP contribution is 2.23. The van der Waals surface area contributed by atoms with Crippen LogP contribution in [0, 0.1) is 6.92 Å². The molecule has 3 aromatic rings. The first-order valence-corrected chi connectivity index (χ1v) is 10.4. The molecule has 1 atom stereocenters. The van der Waals surface area contributed by atoms with Crippen molar-refractivity contribution in [1.82, 2.24) is 10.5 Å². The standard InChI is InChI=1S/C23H28N4O2/c1-17-14-20(25-29-17)15-26-10-12-27(13-11-26)16-23(28)24-18(2)21-9-5-7-19-6-3-4-8-22(19)21/h3-9,14,18H,10-13,15-16H2,1-2H3,(H,24,28)/p+2/t18-/m0/s1. The highest BCUT2D eigenvalue weighted by Gasteiger charge is 2.26. The molecule has 1 amide bonds. The van der Waals surface area contributed by atoms with Crippen LogP contribution < -0.4 is 15.1 Å². The second-order valence-corrected chi connectivity index (χ2v) is 8.14. The quantitative estimate of drug-likeness (QED) is 0.563. The van der Waals surface area contributed by atoms with Crippen molar-refractivity contribution in [2.45, 2.75) is 26.4 Å². The summed E-state index contributed by atoms with van der Waals surface area (Å²) in [6.07, 6.45) is 0. The van der Waals surface area contributed by atoms with Crippen LogP contribution in [0.2, 0.25) is 0 Å². The number of rotatable bonds is 6. The lowest BCUT2D eigenvalue weighted by Crippen LogP contribution is -3.28. The Kier molecular flexibility index (Phi) is 5.92. The molecule has 1 aromatic heterocycles. The van der Waals surface area contributed by atoms with Crippen molar-refractivity contribution < 1.29 is 19.1 Å². The number of nitrogens with one attached hydrogen (secondary N) is 3. The zero-order chi connectivity index (χ0) is 20.2. The van der Waals surface area contributed by atoms with Crippen molar-refractivity contribution in [3.05, 3.63) is 65.5 Å². The summed E-state index contributed by atoms with van der Waals surface area (Å²) in [4.78, 5) is 15.5. The average molecular weight is 395 g/mol. The minimum absolute atomic E-state index is 0.00433. The molecule has 6 heteroatoms. The van der Waals surface area contributed by atoms with Gasteiger partial charge in [0.1, 0.15) is 44.2 Å². The van der Waals surface area contributed by atoms with E-state index >= 15 is 0 Å². The van der Waals surface area contributed by atoms with Gasteiger partial charge in [0.2, 0.25) is 0 Å². The second-order valence-electron chi connectivity index (χ2n) is 8.14. The van der Waals surface area contributed by atoms with Gasteiger partial charge in [-0.05, 0) is 30.2 Å². The number of amides is 1. The lowest BCUT2D eigenvalue weighted by Gasteiger charge is -2.29. The molecular weight excluding hydrogens is 364 g/mol. The fraction of sp³-hybridized carbons (Fsp3) is 0.391. The topological polar surface area (TPSA) is 64.0 Å². The fourth-order valence-corrected chi connectivity index (χ4v) is 4.29. The Morgan fingerprint density at radius 2 is 1.83 bits per heavy atom. The number of carbonyl (C=O) groups excluding carboxylic acids is 1. The van der Waals surface area contributed by atoms with Gasteiger partial charge < -0.3 is 19.6 Å². The predicted molar refractivity (Wildman–Crippen MR) is 112 cm³/mol. The Hall–Kier alpha value is -2.70. The van der Waals surface area contributed by atoms with Crippen molar-refractivity contribution >= 4 is 16.7 Å². The highest BCUT2D eigenvalue weighted by molar-refractivity contribution is 5.87. The lowest BCUT2D eigenvalue weighted by atomic mass is 10.00. The first-order chi connectivity index (χ1) is 14.1. The van der Waals surface area contributed by atoms with Gasteiger partial charge in [-0.3, -0.25) is 4.79 Å². The molecule has 1 aliphatic rings. The maximum absolute atomic E-state index is 12.6. The second kappa shape index (κ2) is 8.76. The smallest absolute Gasteiger partial charge is 0.275 e. The van der Waals surface area contributed by atoms with E-state index in [1.165, 1.54) is 26.1 Å². The number of piperazine rings is 1. The van der Waals surface area contributed by atoms with Gasteiger partial charge in [0.25, 0.3) is 5.91 Å². The first-order valence-electron chi connectivity index (χ1n) is 10.4. The lowest BCUT2D eigenvalue weighted by molar-refractivity contribution is -1.02. The van der Waals surface area contributed by atoms with E-state index in [0.717, 1.165) is 44.2 Å². The molecular formula is C23H30N4O2+2. The van der Waals surface area contributed by atoms with Gasteiger partial charge in [-0.25, -0.2) is 0 Å². The molecule has 0 saturated carbocycles. The van der Waals surface area contributed by atoms with Crippen molar-refractivity contribution in [3.8, 4) is 0 Å². The van der Waals surface area contributed by atoms with Crippen LogP contribution in [-0.2, 0) is 11.3 Å². The van der Waals surface area contributed by atoms with Crippen LogP contribution >= 0.6 is 0 Å². The molecule has 4 rings (SSSR count). The molecule has 0 spiro atoms. The Morgan fingerprint density at radius 1 is 1.10 bits per heavy atom. The van der Waals surface area contributed by atoms with E-state index < -0.39 is 0 Å². The molecule has 152 valence electrons. The van der Waals surface area contributed by atoms with Gasteiger partial charge in [0.15, 0.2) is 6.54 Å². The van der Waals surface area contributed by atoms with Crippen LogP contribution in [0.3, 0.4) is 0 Å². The molecule has 1 fully saturated rings. The van der Waals surface area contributed by atoms with Gasteiger partial charge >= 0.3 is 0 Å². The van der Waals surface area contributed by atoms with E-state index in [1.807, 2.05) is 25.1 Å². The Labute approximate surface area is 171 Å². The van der Waals surface area contributed by atoms with E-state index in [4.69, 9.17) is 4.52 Å². The van der Waals surface area contributed by atoms with Crippen LogP contribution in [-0.4, -0.2) is 43.8 Å². The maximum Gasteiger partial charge on any atom is 0.275 e. The van der Waals surface area contributed by atoms with Crippen LogP contribution in [0.5, 0.6) is 0 Å². The summed E-state index contributed by atoms with van der Waals surface area (Å²) < 4.78 is 5.16. The first kappa shape index (κ1) is 19.6. The van der Waals surface area contributed by atoms with E-state index in [-0.39, 0.29) is 11.9 Å². The van der Waals surface area contributed by atoms with Crippen molar-refractivity contribution in [1.29, 1.82) is 0 Å². The minimum Gasteiger partial charge on any atom is -0.361 e. The van der Waals surface area contributed by atoms with Gasteiger partial charge in [-0.2, -0.15) is 0 Å². The van der Waals surface area contributed by atoms with E-state index in [2.05, 4.69) is 47.7 Å². The maximum atomic E-state index is 12.6. The Balaban J connectivity index is 1.28. The summed E-state index contributed by atoms with van der Waals surface area (Å²) >= 11 is 0. The van der Waals surface area contributed by atoms with Crippen LogP contribution in [0.1, 0.15) is 30.0 Å². The number of hydrogen-bond acceptors (Lipinski definition) is 3. The fourth-order valence-electron chi connectivity index (χ4n) is 4.29. The summed E-state index contributed by atoms with van der Waals surface area (Å²) in [6, 6.07) is 16.6. The van der Waals surface area contributed by atoms with Gasteiger partial charge in [0.05, 0.1) is 6.04 Å². The summed E-state index contributed by atoms with van der Waals surface area (Å²) in [7, 11) is 0. The minimum atomic E-state index is -0.00433. The summed E-state index contributed by atoms with van der Waals surface area (Å²) in [5.41, 5.74) is 2.19. The number of nitrogens with zero attached hydrogens (tertiary/aromatic N) is 1. The number of hydrogen-bond donors (Lipinski definition) is 3. The van der Waals surface area contributed by atoms with E-state index in [9.17, 15) is 4.79 Å². The average Bonchev–Trinajstić information content (AvgIpc) is 3.13. The van der Waals surface area contributed by atoms with Crippen LogP contribution in [0.25, 0.3) is 10.8 Å². The molecule has 0 radical (unpaired) electrons. The van der Waals surface area contributed by atoms with Crippen molar-refractivity contribution in [3.63, 3.8) is 0 Å². The number of aryl methyl sites for hydroxylation is 1. The SMILES string of the molecule is Cc1cc(C[NH+]2CC[NH+](CC(=O)N[C@@H](C)c3cccc4ccccc34)CC2)no1. The molecule has 0 bridgehead atoms. The summed E-state index contributed by atoms with van der Waals surface area (Å²) in [5, 5.41) is 9.70. The summed E-state index contributed by atoms with van der Waals surface area (Å²) in [5.74, 6) is 0.983. The van der Waals surface area contributed by atoms with Crippen molar-refractivity contribution in [2.24, 2.45) is 0 Å². The largest absolute Gasteiger partial charge is 0.361 e. The van der Waals surface area contributed by atoms with Crippen LogP contribution in [0.15, 0.2) is 53.1 Å². The normalized spacial score (nSPS) is 20.5. The molecule has 29 heavy (non-hydrogen) atoms. The number of fused-ring (bicyclic) bond motifs is 1. The summed E-state index contributed by atoms with van der Waals surface area (Å²) in [6.45, 7) is 9.52. The molecule has 1 saturated heterocycles. The van der Waals surface area contributed by atoms with Gasteiger partial charge in [0, 0.05) is 6.07 Å². The molecule has 2 heterocycles. The van der Waals surface area contributed by atoms with Gasteiger partial charge in [-0.15, -0.1) is 0 Å². The van der Waals surface area contributed by atoms with Crippen molar-refractivity contribution in [2.75, 3.05) is 32.7 Å². The molecule has 6 nitrogen and oxygen atoms in total. The monoisotopic (exact) mass is 394 g/mol. The number of benzene rings is 2. The van der Waals surface area contributed by atoms with E-state index in [0.29, 0.717) is 6.54 Å². The number of aromatic nitrogens is 1.